The number of hydrogen-bond acceptors (Lipinski definition) is 5. The largest absolute Gasteiger partial charge is 0.444 e. The highest BCUT2D eigenvalue weighted by molar-refractivity contribution is 7.85. The molecule has 0 bridgehead atoms. The highest BCUT2D eigenvalue weighted by Crippen LogP contribution is 2.21. The van der Waals surface area contributed by atoms with E-state index in [0.29, 0.717) is 18.1 Å². The minimum Gasteiger partial charge on any atom is -0.444 e. The lowest BCUT2D eigenvalue weighted by molar-refractivity contribution is 0.0219. The molecule has 0 aliphatic carbocycles. The first-order valence-electron chi connectivity index (χ1n) is 7.13. The predicted octanol–water partition coefficient (Wildman–Crippen LogP) is 2.64. The Hall–Kier alpha value is -1.21. The Labute approximate surface area is 137 Å². The lowest BCUT2D eigenvalue weighted by Gasteiger charge is -2.33. The van der Waals surface area contributed by atoms with Gasteiger partial charge in [0.25, 0.3) is 0 Å². The molecule has 6 nitrogen and oxygen atoms in total. The summed E-state index contributed by atoms with van der Waals surface area (Å²) < 4.78 is 18.0. The van der Waals surface area contributed by atoms with Crippen LogP contribution in [-0.4, -0.2) is 49.1 Å². The number of ether oxygens (including phenoxy) is 1. The van der Waals surface area contributed by atoms with Crippen LogP contribution in [0.4, 0.5) is 4.79 Å². The van der Waals surface area contributed by atoms with E-state index < -0.39 is 16.4 Å². The number of nitrogens with zero attached hydrogens (tertiary/aromatic N) is 3. The van der Waals surface area contributed by atoms with Gasteiger partial charge >= 0.3 is 6.09 Å². The van der Waals surface area contributed by atoms with Crippen molar-refractivity contribution in [2.24, 2.45) is 0 Å². The summed E-state index contributed by atoms with van der Waals surface area (Å²) in [6, 6.07) is 1.59. The second-order valence-electron chi connectivity index (χ2n) is 6.15. The number of likely N-dealkylation sites (tertiary alicyclic amines) is 1. The highest BCUT2D eigenvalue weighted by Gasteiger charge is 2.31. The maximum absolute atomic E-state index is 12.6. The molecule has 2 rings (SSSR count). The van der Waals surface area contributed by atoms with Crippen LogP contribution in [0.5, 0.6) is 0 Å². The SMILES string of the molecule is CC(C)(C)OC(=O)N1CCC[C@@H]([S@@](=O)c2ccnc(Cl)n2)C1. The lowest BCUT2D eigenvalue weighted by atomic mass is 10.1. The number of carbonyl (C=O) groups excluding carboxylic acids is 1. The van der Waals surface area contributed by atoms with Gasteiger partial charge < -0.3 is 9.64 Å². The van der Waals surface area contributed by atoms with Gasteiger partial charge in [0.05, 0.1) is 16.0 Å². The normalized spacial score (nSPS) is 20.5. The van der Waals surface area contributed by atoms with E-state index in [-0.39, 0.29) is 16.6 Å². The average molecular weight is 346 g/mol. The molecule has 122 valence electrons. The zero-order chi connectivity index (χ0) is 16.3. The highest BCUT2D eigenvalue weighted by atomic mass is 35.5. The fourth-order valence-corrected chi connectivity index (χ4v) is 3.81. The smallest absolute Gasteiger partial charge is 0.410 e. The van der Waals surface area contributed by atoms with Crippen molar-refractivity contribution in [3.63, 3.8) is 0 Å². The molecule has 2 atom stereocenters. The van der Waals surface area contributed by atoms with Crippen LogP contribution in [0.1, 0.15) is 33.6 Å². The number of halogens is 1. The summed E-state index contributed by atoms with van der Waals surface area (Å²) in [6.07, 6.45) is 2.67. The Morgan fingerprint density at radius 2 is 2.23 bits per heavy atom. The van der Waals surface area contributed by atoms with Crippen molar-refractivity contribution in [3.8, 4) is 0 Å². The van der Waals surface area contributed by atoms with Crippen molar-refractivity contribution in [2.75, 3.05) is 13.1 Å². The van der Waals surface area contributed by atoms with Gasteiger partial charge in [-0.25, -0.2) is 14.8 Å². The van der Waals surface area contributed by atoms with Crippen LogP contribution >= 0.6 is 11.6 Å². The van der Waals surface area contributed by atoms with Crippen molar-refractivity contribution in [2.45, 2.75) is 49.5 Å². The van der Waals surface area contributed by atoms with E-state index in [1.165, 1.54) is 6.20 Å². The van der Waals surface area contributed by atoms with Gasteiger partial charge in [0, 0.05) is 19.3 Å². The van der Waals surface area contributed by atoms with Crippen molar-refractivity contribution in [1.29, 1.82) is 0 Å². The fourth-order valence-electron chi connectivity index (χ4n) is 2.21. The minimum absolute atomic E-state index is 0.0747. The van der Waals surface area contributed by atoms with Gasteiger partial charge in [0.1, 0.15) is 10.6 Å². The molecule has 0 saturated carbocycles. The Morgan fingerprint density at radius 1 is 1.50 bits per heavy atom. The van der Waals surface area contributed by atoms with Gasteiger partial charge in [-0.2, -0.15) is 0 Å². The summed E-state index contributed by atoms with van der Waals surface area (Å²) in [6.45, 7) is 6.49. The first kappa shape index (κ1) is 17.1. The number of aromatic nitrogens is 2. The molecular formula is C14H20ClN3O3S. The zero-order valence-corrected chi connectivity index (χ0v) is 14.5. The summed E-state index contributed by atoms with van der Waals surface area (Å²) in [4.78, 5) is 21.5. The van der Waals surface area contributed by atoms with E-state index in [1.54, 1.807) is 11.0 Å². The first-order chi connectivity index (χ1) is 10.3. The van der Waals surface area contributed by atoms with Gasteiger partial charge in [-0.1, -0.05) is 0 Å². The fraction of sp³-hybridized carbons (Fsp3) is 0.643. The Kier molecular flexibility index (Phi) is 5.39. The molecule has 1 fully saturated rings. The van der Waals surface area contributed by atoms with E-state index in [0.717, 1.165) is 12.8 Å². The molecule has 0 unspecified atom stereocenters. The monoisotopic (exact) mass is 345 g/mol. The minimum atomic E-state index is -1.33. The number of carbonyl (C=O) groups is 1. The van der Waals surface area contributed by atoms with Crippen LogP contribution in [0, 0.1) is 0 Å². The van der Waals surface area contributed by atoms with Crippen LogP contribution in [0.2, 0.25) is 5.28 Å². The third kappa shape index (κ3) is 4.64. The third-order valence-electron chi connectivity index (χ3n) is 3.14. The van der Waals surface area contributed by atoms with Crippen LogP contribution in [0.15, 0.2) is 17.3 Å². The van der Waals surface area contributed by atoms with E-state index in [4.69, 9.17) is 16.3 Å². The molecule has 0 spiro atoms. The lowest BCUT2D eigenvalue weighted by Crippen LogP contribution is -2.45. The molecule has 2 heterocycles. The third-order valence-corrected chi connectivity index (χ3v) is 4.95. The van der Waals surface area contributed by atoms with Crippen LogP contribution < -0.4 is 0 Å². The summed E-state index contributed by atoms with van der Waals surface area (Å²) in [7, 11) is -1.33. The molecule has 0 aromatic carbocycles. The molecule has 22 heavy (non-hydrogen) atoms. The molecular weight excluding hydrogens is 326 g/mol. The maximum Gasteiger partial charge on any atom is 0.410 e. The van der Waals surface area contributed by atoms with Crippen LogP contribution in [0.25, 0.3) is 0 Å². The van der Waals surface area contributed by atoms with Gasteiger partial charge in [-0.3, -0.25) is 4.21 Å². The van der Waals surface area contributed by atoms with Crippen molar-refractivity contribution >= 4 is 28.5 Å². The molecule has 1 aliphatic heterocycles. The van der Waals surface area contributed by atoms with Crippen molar-refractivity contribution in [1.82, 2.24) is 14.9 Å². The number of hydrogen-bond donors (Lipinski definition) is 0. The van der Waals surface area contributed by atoms with Gasteiger partial charge in [0.15, 0.2) is 0 Å². The average Bonchev–Trinajstić information content (AvgIpc) is 2.45. The molecule has 1 amide bonds. The second-order valence-corrected chi connectivity index (χ2v) is 8.17. The zero-order valence-electron chi connectivity index (χ0n) is 12.9. The molecule has 1 aromatic heterocycles. The molecule has 1 aromatic rings. The molecule has 8 heteroatoms. The summed E-state index contributed by atoms with van der Waals surface area (Å²) in [5.41, 5.74) is -0.538. The number of amides is 1. The maximum atomic E-state index is 12.6. The molecule has 1 saturated heterocycles. The number of rotatable bonds is 2. The van der Waals surface area contributed by atoms with Gasteiger partial charge in [0.2, 0.25) is 5.28 Å². The van der Waals surface area contributed by atoms with E-state index in [2.05, 4.69) is 9.97 Å². The van der Waals surface area contributed by atoms with E-state index in [9.17, 15) is 9.00 Å². The van der Waals surface area contributed by atoms with Gasteiger partial charge in [-0.15, -0.1) is 0 Å². The van der Waals surface area contributed by atoms with Crippen molar-refractivity contribution in [3.05, 3.63) is 17.5 Å². The van der Waals surface area contributed by atoms with Crippen molar-refractivity contribution < 1.29 is 13.7 Å². The quantitative estimate of drug-likeness (QED) is 0.608. The molecule has 1 aliphatic rings. The van der Waals surface area contributed by atoms with Crippen LogP contribution in [-0.2, 0) is 15.5 Å². The Balaban J connectivity index is 2.04. The summed E-state index contributed by atoms with van der Waals surface area (Å²) >= 11 is 5.74. The van der Waals surface area contributed by atoms with E-state index >= 15 is 0 Å². The summed E-state index contributed by atoms with van der Waals surface area (Å²) in [5, 5.41) is 0.300. The number of piperidine rings is 1. The van der Waals surface area contributed by atoms with Crippen LogP contribution in [0.3, 0.4) is 0 Å². The molecule has 0 N–H and O–H groups in total. The first-order valence-corrected chi connectivity index (χ1v) is 8.72. The Morgan fingerprint density at radius 3 is 2.86 bits per heavy atom. The van der Waals surface area contributed by atoms with Gasteiger partial charge in [-0.05, 0) is 51.3 Å². The Bertz CT molecular complexity index is 577. The topological polar surface area (TPSA) is 72.4 Å². The second kappa shape index (κ2) is 6.91. The predicted molar refractivity (Wildman–Crippen MR) is 84.3 cm³/mol. The standard InChI is InChI=1S/C14H20ClN3O3S/c1-14(2,3)21-13(19)18-8-4-5-10(9-18)22(20)11-6-7-16-12(15)17-11/h6-7,10H,4-5,8-9H2,1-3H3/t10-,22-/m1/s1. The summed E-state index contributed by atoms with van der Waals surface area (Å²) in [5.74, 6) is 0. The van der Waals surface area contributed by atoms with E-state index in [1.807, 2.05) is 20.8 Å². The molecule has 0 radical (unpaired) electrons.